The Morgan fingerprint density at radius 2 is 1.96 bits per heavy atom. The number of amides is 5. The molecule has 0 spiro atoms. The maximum atomic E-state index is 12.6. The molecule has 1 aliphatic carbocycles. The number of rotatable bonds is 4. The minimum absolute atomic E-state index is 0.127. The van der Waals surface area contributed by atoms with Gasteiger partial charge in [-0.05, 0) is 37.0 Å². The van der Waals surface area contributed by atoms with Crippen molar-refractivity contribution in [2.45, 2.75) is 38.6 Å². The third-order valence-electron chi connectivity index (χ3n) is 5.06. The van der Waals surface area contributed by atoms with E-state index in [1.165, 1.54) is 6.07 Å². The Bertz CT molecular complexity index is 844. The van der Waals surface area contributed by atoms with Gasteiger partial charge in [0.1, 0.15) is 6.54 Å². The van der Waals surface area contributed by atoms with Crippen LogP contribution in [0.15, 0.2) is 24.3 Å². The highest BCUT2D eigenvalue weighted by molar-refractivity contribution is 6.45. The number of hydrogen-bond acceptors (Lipinski definition) is 5. The number of urea groups is 1. The van der Waals surface area contributed by atoms with E-state index < -0.39 is 30.3 Å². The van der Waals surface area contributed by atoms with E-state index in [0.29, 0.717) is 22.6 Å². The van der Waals surface area contributed by atoms with Gasteiger partial charge in [0.15, 0.2) is 0 Å². The molecule has 1 saturated carbocycles. The lowest BCUT2D eigenvalue weighted by atomic mass is 9.85. The average molecular weight is 368 g/mol. The van der Waals surface area contributed by atoms with E-state index in [1.54, 1.807) is 18.2 Å². The molecular formula is C19H20N4O4. The van der Waals surface area contributed by atoms with Gasteiger partial charge in [0.2, 0.25) is 5.91 Å². The molecule has 0 unspecified atom stereocenters. The predicted octanol–water partition coefficient (Wildman–Crippen LogP) is 1.87. The van der Waals surface area contributed by atoms with E-state index in [-0.39, 0.29) is 12.0 Å². The van der Waals surface area contributed by atoms with Crippen LogP contribution in [-0.2, 0) is 14.4 Å². The van der Waals surface area contributed by atoms with Crippen LogP contribution >= 0.6 is 0 Å². The van der Waals surface area contributed by atoms with Gasteiger partial charge >= 0.3 is 17.8 Å². The van der Waals surface area contributed by atoms with Crippen molar-refractivity contribution in [2.24, 2.45) is 5.92 Å². The van der Waals surface area contributed by atoms with Crippen molar-refractivity contribution >= 4 is 29.4 Å². The molecule has 2 aliphatic rings. The monoisotopic (exact) mass is 368 g/mol. The van der Waals surface area contributed by atoms with E-state index >= 15 is 0 Å². The van der Waals surface area contributed by atoms with Crippen LogP contribution in [0.5, 0.6) is 0 Å². The lowest BCUT2D eigenvalue weighted by Gasteiger charge is -2.34. The number of carbonyl (C=O) groups excluding carboxylic acids is 4. The summed E-state index contributed by atoms with van der Waals surface area (Å²) in [7, 11) is 0. The summed E-state index contributed by atoms with van der Waals surface area (Å²) in [5, 5.41) is 11.4. The quantitative estimate of drug-likeness (QED) is 0.644. The number of anilines is 1. The standard InChI is InChI=1S/C19H20N4O4/c1-12-5-2-3-8-15(12)23-18(26)17(25)22(19(23)27)11-16(24)21-14-7-4-6-13(9-14)10-20/h4,6-7,9,12,15H,2-3,5,8,11H2,1H3,(H,21,24)/t12-,15-/m1/s1. The number of nitriles is 1. The van der Waals surface area contributed by atoms with Crippen molar-refractivity contribution in [1.29, 1.82) is 5.26 Å². The van der Waals surface area contributed by atoms with Crippen LogP contribution in [0.25, 0.3) is 0 Å². The zero-order valence-electron chi connectivity index (χ0n) is 15.0. The molecule has 2 atom stereocenters. The van der Waals surface area contributed by atoms with Crippen molar-refractivity contribution in [3.63, 3.8) is 0 Å². The fourth-order valence-corrected chi connectivity index (χ4v) is 3.65. The van der Waals surface area contributed by atoms with Crippen LogP contribution in [0, 0.1) is 17.2 Å². The fourth-order valence-electron chi connectivity index (χ4n) is 3.65. The first-order valence-corrected chi connectivity index (χ1v) is 8.91. The van der Waals surface area contributed by atoms with E-state index in [1.807, 2.05) is 13.0 Å². The Morgan fingerprint density at radius 3 is 2.67 bits per heavy atom. The van der Waals surface area contributed by atoms with Gasteiger partial charge in [0.05, 0.1) is 11.6 Å². The second-order valence-electron chi connectivity index (χ2n) is 6.92. The van der Waals surface area contributed by atoms with Crippen molar-refractivity contribution in [1.82, 2.24) is 9.80 Å². The predicted molar refractivity (Wildman–Crippen MR) is 95.2 cm³/mol. The molecule has 0 radical (unpaired) electrons. The third kappa shape index (κ3) is 3.67. The molecule has 8 nitrogen and oxygen atoms in total. The third-order valence-corrected chi connectivity index (χ3v) is 5.06. The van der Waals surface area contributed by atoms with Crippen LogP contribution < -0.4 is 5.32 Å². The number of nitrogens with one attached hydrogen (secondary N) is 1. The van der Waals surface area contributed by atoms with Crippen molar-refractivity contribution < 1.29 is 19.2 Å². The highest BCUT2D eigenvalue weighted by Crippen LogP contribution is 2.31. The Labute approximate surface area is 156 Å². The molecule has 2 fully saturated rings. The van der Waals surface area contributed by atoms with Crippen molar-refractivity contribution in [3.05, 3.63) is 29.8 Å². The molecule has 5 amide bonds. The molecule has 1 heterocycles. The van der Waals surface area contributed by atoms with Gasteiger partial charge in [-0.25, -0.2) is 9.69 Å². The zero-order valence-corrected chi connectivity index (χ0v) is 15.0. The summed E-state index contributed by atoms with van der Waals surface area (Å²) in [6.45, 7) is 1.42. The normalized spacial score (nSPS) is 22.7. The molecular weight excluding hydrogens is 348 g/mol. The molecule has 1 N–H and O–H groups in total. The highest BCUT2D eigenvalue weighted by atomic mass is 16.2. The molecule has 0 bridgehead atoms. The lowest BCUT2D eigenvalue weighted by molar-refractivity contribution is -0.145. The van der Waals surface area contributed by atoms with Gasteiger partial charge in [-0.3, -0.25) is 19.3 Å². The Hall–Kier alpha value is -3.21. The van der Waals surface area contributed by atoms with Gasteiger partial charge in [-0.2, -0.15) is 5.26 Å². The van der Waals surface area contributed by atoms with Gasteiger partial charge in [-0.15, -0.1) is 0 Å². The summed E-state index contributed by atoms with van der Waals surface area (Å²) in [5.41, 5.74) is 0.746. The first-order valence-electron chi connectivity index (χ1n) is 8.91. The number of carbonyl (C=O) groups is 4. The lowest BCUT2D eigenvalue weighted by Crippen LogP contribution is -2.46. The van der Waals surface area contributed by atoms with Crippen LogP contribution in [0.1, 0.15) is 38.2 Å². The molecule has 0 aromatic heterocycles. The number of hydrogen-bond donors (Lipinski definition) is 1. The molecule has 8 heteroatoms. The van der Waals surface area contributed by atoms with Crippen molar-refractivity contribution in [3.8, 4) is 6.07 Å². The molecule has 1 saturated heterocycles. The zero-order chi connectivity index (χ0) is 19.6. The molecule has 1 aromatic carbocycles. The molecule has 3 rings (SSSR count). The summed E-state index contributed by atoms with van der Waals surface area (Å²) in [6.07, 6.45) is 3.50. The first-order chi connectivity index (χ1) is 12.9. The van der Waals surface area contributed by atoms with E-state index in [0.717, 1.165) is 24.2 Å². The summed E-state index contributed by atoms with van der Waals surface area (Å²) < 4.78 is 0. The van der Waals surface area contributed by atoms with Crippen LogP contribution in [0.4, 0.5) is 10.5 Å². The summed E-state index contributed by atoms with van der Waals surface area (Å²) in [6, 6.07) is 7.19. The molecule has 1 aliphatic heterocycles. The maximum Gasteiger partial charge on any atom is 0.334 e. The smallest absolute Gasteiger partial charge is 0.324 e. The number of nitrogens with zero attached hydrogens (tertiary/aromatic N) is 3. The minimum atomic E-state index is -0.973. The van der Waals surface area contributed by atoms with Crippen LogP contribution in [-0.4, -0.2) is 46.1 Å². The first kappa shape index (κ1) is 18.6. The van der Waals surface area contributed by atoms with Gasteiger partial charge in [-0.1, -0.05) is 25.8 Å². The van der Waals surface area contributed by atoms with E-state index in [2.05, 4.69) is 5.32 Å². The Kier molecular flexibility index (Phi) is 5.21. The van der Waals surface area contributed by atoms with Gasteiger partial charge in [0, 0.05) is 11.7 Å². The fraction of sp³-hybridized carbons (Fsp3) is 0.421. The van der Waals surface area contributed by atoms with Crippen molar-refractivity contribution in [2.75, 3.05) is 11.9 Å². The summed E-state index contributed by atoms with van der Waals surface area (Å²) in [5.74, 6) is -2.32. The summed E-state index contributed by atoms with van der Waals surface area (Å²) >= 11 is 0. The van der Waals surface area contributed by atoms with Gasteiger partial charge < -0.3 is 5.32 Å². The maximum absolute atomic E-state index is 12.6. The number of benzene rings is 1. The van der Waals surface area contributed by atoms with Crippen LogP contribution in [0.3, 0.4) is 0 Å². The largest absolute Gasteiger partial charge is 0.334 e. The molecule has 27 heavy (non-hydrogen) atoms. The topological polar surface area (TPSA) is 111 Å². The Balaban J connectivity index is 1.70. The minimum Gasteiger partial charge on any atom is -0.324 e. The van der Waals surface area contributed by atoms with Crippen LogP contribution in [0.2, 0.25) is 0 Å². The summed E-state index contributed by atoms with van der Waals surface area (Å²) in [4.78, 5) is 51.2. The average Bonchev–Trinajstić information content (AvgIpc) is 2.86. The SMILES string of the molecule is C[C@@H]1CCCC[C@H]1N1C(=O)C(=O)N(CC(=O)Nc2cccc(C#N)c2)C1=O. The highest BCUT2D eigenvalue weighted by Gasteiger charge is 2.49. The van der Waals surface area contributed by atoms with E-state index in [4.69, 9.17) is 5.26 Å². The second-order valence-corrected chi connectivity index (χ2v) is 6.92. The van der Waals surface area contributed by atoms with E-state index in [9.17, 15) is 19.2 Å². The Morgan fingerprint density at radius 1 is 1.22 bits per heavy atom. The van der Waals surface area contributed by atoms with Gasteiger partial charge in [0.25, 0.3) is 0 Å². The number of imide groups is 2. The molecule has 1 aromatic rings. The second kappa shape index (κ2) is 7.58. The molecule has 140 valence electrons.